The van der Waals surface area contributed by atoms with Crippen molar-refractivity contribution in [1.29, 1.82) is 0 Å². The fraction of sp³-hybridized carbons (Fsp3) is 0. The van der Waals surface area contributed by atoms with Crippen molar-refractivity contribution in [3.05, 3.63) is 0 Å². The van der Waals surface area contributed by atoms with Gasteiger partial charge in [-0.05, 0) is 0 Å². The molecular formula is C2H10N6O2. The van der Waals surface area contributed by atoms with Gasteiger partial charge in [-0.2, -0.15) is 0 Å². The molecule has 0 heterocycles. The summed E-state index contributed by atoms with van der Waals surface area (Å²) >= 11 is 0. The van der Waals surface area contributed by atoms with Crippen LogP contribution >= 0.6 is 0 Å². The summed E-state index contributed by atoms with van der Waals surface area (Å²) in [7, 11) is 0. The van der Waals surface area contributed by atoms with Gasteiger partial charge in [0.2, 0.25) is 0 Å². The van der Waals surface area contributed by atoms with Gasteiger partial charge in [0.15, 0.2) is 0 Å². The molecule has 0 aromatic heterocycles. The number of primary amides is 2. The van der Waals surface area contributed by atoms with Gasteiger partial charge in [0.25, 0.3) is 0 Å². The van der Waals surface area contributed by atoms with Gasteiger partial charge in [-0.15, -0.1) is 0 Å². The number of carbonyl (C=O) groups is 2. The Hall–Kier alpha value is -1.54. The number of hydrogen-bond donors (Lipinski definition) is 6. The van der Waals surface area contributed by atoms with Gasteiger partial charge in [0.05, 0.1) is 0 Å². The first-order valence-corrected chi connectivity index (χ1v) is 2.06. The summed E-state index contributed by atoms with van der Waals surface area (Å²) in [6.07, 6.45) is 0. The highest BCUT2D eigenvalue weighted by atomic mass is 16.2. The zero-order valence-corrected chi connectivity index (χ0v) is 5.13. The van der Waals surface area contributed by atoms with Crippen LogP contribution in [0.15, 0.2) is 0 Å². The molecule has 4 amide bonds. The molecule has 0 aliphatic carbocycles. The molecule has 10 heavy (non-hydrogen) atoms. The minimum atomic E-state index is -0.833. The van der Waals surface area contributed by atoms with E-state index in [2.05, 4.69) is 23.2 Å². The van der Waals surface area contributed by atoms with E-state index in [9.17, 15) is 4.79 Å². The van der Waals surface area contributed by atoms with Crippen LogP contribution in [0.5, 0.6) is 0 Å². The van der Waals surface area contributed by atoms with Crippen molar-refractivity contribution in [2.75, 3.05) is 0 Å². The number of nitrogens with two attached hydrogens (primary N) is 4. The van der Waals surface area contributed by atoms with Crippen molar-refractivity contribution >= 4 is 12.1 Å². The number of nitrogens with one attached hydrogen (secondary N) is 2. The lowest BCUT2D eigenvalue weighted by atomic mass is 11.1. The van der Waals surface area contributed by atoms with Crippen LogP contribution in [0.3, 0.4) is 0 Å². The van der Waals surface area contributed by atoms with Crippen LogP contribution in [0, 0.1) is 0 Å². The van der Waals surface area contributed by atoms with E-state index >= 15 is 0 Å². The van der Waals surface area contributed by atoms with Crippen molar-refractivity contribution in [3.63, 3.8) is 0 Å². The molecule has 0 aromatic carbocycles. The summed E-state index contributed by atoms with van der Waals surface area (Å²) in [5.74, 6) is 9.08. The van der Waals surface area contributed by atoms with Crippen molar-refractivity contribution in [2.45, 2.75) is 0 Å². The summed E-state index contributed by atoms with van der Waals surface area (Å²) in [6, 6.07) is -1.44. The first kappa shape index (κ1) is 11.3. The van der Waals surface area contributed by atoms with Gasteiger partial charge < -0.3 is 11.5 Å². The quantitative estimate of drug-likeness (QED) is 0.124. The highest BCUT2D eigenvalue weighted by Crippen LogP contribution is 1.42. The summed E-state index contributed by atoms with van der Waals surface area (Å²) < 4.78 is 0. The van der Waals surface area contributed by atoms with Crippen LogP contribution in [0.1, 0.15) is 0 Å². The molecule has 0 radical (unpaired) electrons. The monoisotopic (exact) mass is 150 g/mol. The lowest BCUT2D eigenvalue weighted by Gasteiger charge is -1.90. The van der Waals surface area contributed by atoms with Gasteiger partial charge >= 0.3 is 12.1 Å². The summed E-state index contributed by atoms with van der Waals surface area (Å²) in [5.41, 5.74) is 12.0. The third-order valence-electron chi connectivity index (χ3n) is 0.262. The molecule has 0 fully saturated rings. The van der Waals surface area contributed by atoms with E-state index in [-0.39, 0.29) is 0 Å². The van der Waals surface area contributed by atoms with Gasteiger partial charge in [0.1, 0.15) is 0 Å². The van der Waals surface area contributed by atoms with Crippen LogP contribution in [-0.2, 0) is 0 Å². The van der Waals surface area contributed by atoms with Crippen LogP contribution in [-0.4, -0.2) is 12.1 Å². The maximum Gasteiger partial charge on any atom is 0.343 e. The van der Waals surface area contributed by atoms with E-state index in [1.54, 1.807) is 10.9 Å². The number of rotatable bonds is 0. The third kappa shape index (κ3) is 31.8. The first-order valence-electron chi connectivity index (χ1n) is 2.06. The van der Waals surface area contributed by atoms with E-state index < -0.39 is 12.1 Å². The maximum absolute atomic E-state index is 9.71. The molecule has 8 heteroatoms. The zero-order valence-electron chi connectivity index (χ0n) is 5.13. The Kier molecular flexibility index (Phi) is 8.42. The van der Waals surface area contributed by atoms with Crippen LogP contribution in [0.2, 0.25) is 0 Å². The fourth-order valence-corrected chi connectivity index (χ4v) is 0.0417. The number of hydrazine groups is 2. The van der Waals surface area contributed by atoms with E-state index in [4.69, 9.17) is 4.79 Å². The van der Waals surface area contributed by atoms with Gasteiger partial charge in [0, 0.05) is 0 Å². The van der Waals surface area contributed by atoms with Crippen molar-refractivity contribution in [1.82, 2.24) is 10.9 Å². The van der Waals surface area contributed by atoms with E-state index in [1.807, 2.05) is 0 Å². The number of hydrogen-bond acceptors (Lipinski definition) is 4. The second-order valence-electron chi connectivity index (χ2n) is 1.02. The Balaban J connectivity index is 0. The molecule has 0 saturated carbocycles. The second kappa shape index (κ2) is 7.46. The maximum atomic E-state index is 9.71. The van der Waals surface area contributed by atoms with Gasteiger partial charge in [-0.3, -0.25) is 10.9 Å². The van der Waals surface area contributed by atoms with Crippen molar-refractivity contribution in [3.8, 4) is 0 Å². The van der Waals surface area contributed by atoms with Crippen LogP contribution < -0.4 is 34.0 Å². The molecule has 0 atom stereocenters. The Morgan fingerprint density at radius 2 is 1.20 bits per heavy atom. The average Bonchev–Trinajstić information content (AvgIpc) is 1.85. The molecule has 0 aliphatic heterocycles. The normalized spacial score (nSPS) is 6.60. The Labute approximate surface area is 56.8 Å². The molecular weight excluding hydrogens is 140 g/mol. The largest absolute Gasteiger partial charge is 0.352 e. The number of carbonyl (C=O) groups excluding carboxylic acids is 2. The van der Waals surface area contributed by atoms with Crippen molar-refractivity contribution in [2.24, 2.45) is 23.2 Å². The molecule has 0 bridgehead atoms. The van der Waals surface area contributed by atoms with Gasteiger partial charge in [-0.1, -0.05) is 0 Å². The third-order valence-corrected chi connectivity index (χ3v) is 0.262. The molecule has 0 spiro atoms. The van der Waals surface area contributed by atoms with E-state index in [0.29, 0.717) is 0 Å². The molecule has 0 aliphatic rings. The van der Waals surface area contributed by atoms with E-state index in [1.165, 1.54) is 0 Å². The van der Waals surface area contributed by atoms with E-state index in [0.717, 1.165) is 0 Å². The van der Waals surface area contributed by atoms with Crippen LogP contribution in [0.4, 0.5) is 9.59 Å². The predicted octanol–water partition coefficient (Wildman–Crippen LogP) is -2.94. The topological polar surface area (TPSA) is 162 Å². The zero-order chi connectivity index (χ0) is 8.57. The molecule has 0 rings (SSSR count). The Bertz CT molecular complexity index is 102. The SMILES string of the molecule is NC(N)=O.NNC(=O)NN. The first-order chi connectivity index (χ1) is 4.54. The molecule has 0 aromatic rings. The highest BCUT2D eigenvalue weighted by Gasteiger charge is 1.82. The van der Waals surface area contributed by atoms with Crippen LogP contribution in [0.25, 0.3) is 0 Å². The van der Waals surface area contributed by atoms with Gasteiger partial charge in [-0.25, -0.2) is 21.3 Å². The molecule has 0 saturated heterocycles. The molecule has 60 valence electrons. The Morgan fingerprint density at radius 1 is 1.00 bits per heavy atom. The molecule has 8 nitrogen and oxygen atoms in total. The lowest BCUT2D eigenvalue weighted by molar-refractivity contribution is 0.241. The number of amides is 4. The second-order valence-corrected chi connectivity index (χ2v) is 1.02. The highest BCUT2D eigenvalue weighted by molar-refractivity contribution is 5.72. The minimum Gasteiger partial charge on any atom is -0.352 e. The minimum absolute atomic E-state index is 0.602. The fourth-order valence-electron chi connectivity index (χ4n) is 0.0417. The smallest absolute Gasteiger partial charge is 0.343 e. The summed E-state index contributed by atoms with van der Waals surface area (Å²) in [4.78, 5) is 18.7. The van der Waals surface area contributed by atoms with Crippen molar-refractivity contribution < 1.29 is 9.59 Å². The molecule has 0 unspecified atom stereocenters. The number of urea groups is 2. The Morgan fingerprint density at radius 3 is 1.20 bits per heavy atom. The molecule has 10 N–H and O–H groups in total. The predicted molar refractivity (Wildman–Crippen MR) is 33.8 cm³/mol. The summed E-state index contributed by atoms with van der Waals surface area (Å²) in [6.45, 7) is 0. The standard InChI is InChI=1S/CH6N4O.CH4N2O/c2-4-1(6)5-3;2-1(3)4/h2-3H2,(H2,4,5,6);(H4,2,3,4). The average molecular weight is 150 g/mol. The lowest BCUT2D eigenvalue weighted by Crippen LogP contribution is -2.43. The summed E-state index contributed by atoms with van der Waals surface area (Å²) in [5, 5.41) is 0.